The Labute approximate surface area is 270 Å². The van der Waals surface area contributed by atoms with E-state index >= 15 is 0 Å². The molecule has 1 unspecified atom stereocenters. The molecule has 1 atom stereocenters. The fourth-order valence-electron chi connectivity index (χ4n) is 6.26. The Morgan fingerprint density at radius 3 is 0.953 bits per heavy atom. The topological polar surface area (TPSA) is 54.4 Å². The molecule has 255 valence electrons. The van der Waals surface area contributed by atoms with Gasteiger partial charge in [-0.25, -0.2) is 0 Å². The van der Waals surface area contributed by atoms with Gasteiger partial charge in [0.05, 0.1) is 6.42 Å². The number of Topliss-reactive ketones (excluding diaryl/α,β-unsaturated/α-hetero) is 2. The smallest absolute Gasteiger partial charge is 0.165 e. The predicted octanol–water partition coefficient (Wildman–Crippen LogP) is 13.0. The number of unbranched alkanes of at least 4 members (excludes halogenated alkanes) is 28. The van der Waals surface area contributed by atoms with Crippen molar-refractivity contribution in [3.8, 4) is 0 Å². The molecule has 1 radical (unpaired) electrons. The summed E-state index contributed by atoms with van der Waals surface area (Å²) in [4.78, 5) is 25.2. The van der Waals surface area contributed by atoms with Gasteiger partial charge in [-0.15, -0.1) is 0 Å². The van der Waals surface area contributed by atoms with Crippen LogP contribution < -0.4 is 0 Å². The molecule has 0 aromatic carbocycles. The zero-order valence-electron chi connectivity index (χ0n) is 29.7. The van der Waals surface area contributed by atoms with Crippen molar-refractivity contribution in [2.45, 2.75) is 238 Å². The van der Waals surface area contributed by atoms with Crippen molar-refractivity contribution in [3.05, 3.63) is 6.42 Å². The summed E-state index contributed by atoms with van der Waals surface area (Å²) in [6.07, 6.45) is 41.4. The van der Waals surface area contributed by atoms with Crippen molar-refractivity contribution in [2.24, 2.45) is 0 Å². The van der Waals surface area contributed by atoms with Crippen LogP contribution in [0.2, 0.25) is 0 Å². The monoisotopic (exact) mass is 606 g/mol. The van der Waals surface area contributed by atoms with Gasteiger partial charge in [-0.05, 0) is 19.3 Å². The lowest BCUT2D eigenvalue weighted by atomic mass is 9.85. The quantitative estimate of drug-likeness (QED) is 0.0723. The fourth-order valence-corrected chi connectivity index (χ4v) is 6.26. The van der Waals surface area contributed by atoms with Gasteiger partial charge in [0.15, 0.2) is 5.78 Å². The highest BCUT2D eigenvalue weighted by Crippen LogP contribution is 2.22. The van der Waals surface area contributed by atoms with Crippen molar-refractivity contribution in [2.75, 3.05) is 0 Å². The lowest BCUT2D eigenvalue weighted by molar-refractivity contribution is -0.137. The van der Waals surface area contributed by atoms with Gasteiger partial charge in [-0.3, -0.25) is 9.59 Å². The van der Waals surface area contributed by atoms with Crippen molar-refractivity contribution >= 4 is 11.6 Å². The average Bonchev–Trinajstić information content (AvgIpc) is 3.00. The maximum atomic E-state index is 12.7. The van der Waals surface area contributed by atoms with Crippen LogP contribution in [0.5, 0.6) is 0 Å². The van der Waals surface area contributed by atoms with Crippen molar-refractivity contribution < 1.29 is 14.7 Å². The summed E-state index contributed by atoms with van der Waals surface area (Å²) in [6, 6.07) is 0. The summed E-state index contributed by atoms with van der Waals surface area (Å²) >= 11 is 0. The summed E-state index contributed by atoms with van der Waals surface area (Å²) in [5.74, 6) is -0.238. The normalized spacial score (nSPS) is 12.9. The van der Waals surface area contributed by atoms with Crippen LogP contribution in [0.15, 0.2) is 0 Å². The number of rotatable bonds is 36. The van der Waals surface area contributed by atoms with Crippen LogP contribution in [0, 0.1) is 6.42 Å². The second-order valence-corrected chi connectivity index (χ2v) is 13.7. The molecule has 0 bridgehead atoms. The van der Waals surface area contributed by atoms with Gasteiger partial charge in [0, 0.05) is 12.8 Å². The van der Waals surface area contributed by atoms with E-state index in [4.69, 9.17) is 0 Å². The Bertz CT molecular complexity index is 601. The molecule has 3 nitrogen and oxygen atoms in total. The highest BCUT2D eigenvalue weighted by Gasteiger charge is 2.35. The molecule has 0 aromatic heterocycles. The number of hydrogen-bond acceptors (Lipinski definition) is 3. The molecule has 0 aromatic rings. The van der Waals surface area contributed by atoms with E-state index in [0.717, 1.165) is 32.1 Å². The lowest BCUT2D eigenvalue weighted by Crippen LogP contribution is -2.40. The van der Waals surface area contributed by atoms with E-state index in [1.54, 1.807) is 0 Å². The van der Waals surface area contributed by atoms with E-state index < -0.39 is 5.60 Å². The zero-order valence-corrected chi connectivity index (χ0v) is 29.7. The van der Waals surface area contributed by atoms with Gasteiger partial charge in [0.2, 0.25) is 0 Å². The molecule has 0 spiro atoms. The first kappa shape index (κ1) is 42.3. The Morgan fingerprint density at radius 1 is 0.419 bits per heavy atom. The Kier molecular flexibility index (Phi) is 32.2. The lowest BCUT2D eigenvalue weighted by Gasteiger charge is -2.24. The zero-order chi connectivity index (χ0) is 31.7. The van der Waals surface area contributed by atoms with Gasteiger partial charge in [0.25, 0.3) is 0 Å². The maximum Gasteiger partial charge on any atom is 0.165 e. The Balaban J connectivity index is 3.65. The molecule has 0 aliphatic rings. The van der Waals surface area contributed by atoms with Gasteiger partial charge in [0.1, 0.15) is 11.4 Å². The molecule has 0 rings (SSSR count). The van der Waals surface area contributed by atoms with Crippen LogP contribution in [0.4, 0.5) is 0 Å². The SMILES string of the molecule is CCCCCCCCCCCCCCCCCC(=O)[CH]C(O)(CC)C(=O)CCCCCCCCCCCCCCCCC. The molecular weight excluding hydrogens is 528 g/mol. The molecule has 0 fully saturated rings. The van der Waals surface area contributed by atoms with Crippen molar-refractivity contribution in [3.63, 3.8) is 0 Å². The second-order valence-electron chi connectivity index (χ2n) is 13.7. The fraction of sp³-hybridized carbons (Fsp3) is 0.925. The van der Waals surface area contributed by atoms with Crippen LogP contribution >= 0.6 is 0 Å². The minimum Gasteiger partial charge on any atom is -0.381 e. The second kappa shape index (κ2) is 32.7. The van der Waals surface area contributed by atoms with E-state index in [1.165, 1.54) is 167 Å². The third-order valence-electron chi connectivity index (χ3n) is 9.46. The summed E-state index contributed by atoms with van der Waals surface area (Å²) in [6.45, 7) is 6.36. The van der Waals surface area contributed by atoms with Crippen LogP contribution in [-0.2, 0) is 9.59 Å². The van der Waals surface area contributed by atoms with Gasteiger partial charge in [-0.2, -0.15) is 0 Å². The Hall–Kier alpha value is -0.700. The van der Waals surface area contributed by atoms with Crippen LogP contribution in [0.3, 0.4) is 0 Å². The van der Waals surface area contributed by atoms with Crippen LogP contribution in [-0.4, -0.2) is 22.3 Å². The molecule has 0 aliphatic carbocycles. The summed E-state index contributed by atoms with van der Waals surface area (Å²) in [7, 11) is 0. The summed E-state index contributed by atoms with van der Waals surface area (Å²) < 4.78 is 0. The van der Waals surface area contributed by atoms with E-state index in [-0.39, 0.29) is 18.0 Å². The summed E-state index contributed by atoms with van der Waals surface area (Å²) in [5, 5.41) is 10.9. The number of carbonyl (C=O) groups is 2. The standard InChI is InChI=1S/C40H77O3/c1-4-7-9-11-13-15-17-19-21-23-25-27-29-31-33-35-38(41)37-40(43,6-3)39(42)36-34-32-30-28-26-24-22-20-18-16-14-12-10-8-5-2/h37,43H,4-36H2,1-3H3. The molecule has 0 saturated heterocycles. The van der Waals surface area contributed by atoms with Crippen molar-refractivity contribution in [1.29, 1.82) is 0 Å². The molecule has 3 heteroatoms. The van der Waals surface area contributed by atoms with Gasteiger partial charge >= 0.3 is 0 Å². The van der Waals surface area contributed by atoms with Crippen LogP contribution in [0.25, 0.3) is 0 Å². The van der Waals surface area contributed by atoms with Crippen molar-refractivity contribution in [1.82, 2.24) is 0 Å². The highest BCUT2D eigenvalue weighted by molar-refractivity contribution is 5.99. The number of ketones is 2. The van der Waals surface area contributed by atoms with E-state index in [9.17, 15) is 14.7 Å². The number of hydrogen-bond donors (Lipinski definition) is 1. The van der Waals surface area contributed by atoms with E-state index in [1.807, 2.05) is 6.92 Å². The average molecular weight is 606 g/mol. The largest absolute Gasteiger partial charge is 0.381 e. The molecular formula is C40H77O3. The molecule has 43 heavy (non-hydrogen) atoms. The minimum absolute atomic E-state index is 0.0658. The van der Waals surface area contributed by atoms with Gasteiger partial charge < -0.3 is 5.11 Å². The molecule has 1 N–H and O–H groups in total. The van der Waals surface area contributed by atoms with Gasteiger partial charge in [-0.1, -0.05) is 201 Å². The predicted molar refractivity (Wildman–Crippen MR) is 189 cm³/mol. The Morgan fingerprint density at radius 2 is 0.674 bits per heavy atom. The summed E-state index contributed by atoms with van der Waals surface area (Å²) in [5.41, 5.74) is -1.57. The van der Waals surface area contributed by atoms with E-state index in [2.05, 4.69) is 13.8 Å². The third-order valence-corrected chi connectivity index (χ3v) is 9.46. The first-order valence-corrected chi connectivity index (χ1v) is 19.6. The van der Waals surface area contributed by atoms with E-state index in [0.29, 0.717) is 12.8 Å². The molecule has 0 aliphatic heterocycles. The minimum atomic E-state index is -1.57. The molecule has 0 heterocycles. The van der Waals surface area contributed by atoms with Crippen LogP contribution in [0.1, 0.15) is 233 Å². The number of aliphatic hydroxyl groups is 1. The third kappa shape index (κ3) is 28.5. The molecule has 0 amide bonds. The first-order valence-electron chi connectivity index (χ1n) is 19.6. The first-order chi connectivity index (χ1) is 21.0. The number of carbonyl (C=O) groups excluding carboxylic acids is 2. The maximum absolute atomic E-state index is 12.7. The highest BCUT2D eigenvalue weighted by atomic mass is 16.3. The molecule has 0 saturated carbocycles.